The van der Waals surface area contributed by atoms with Crippen molar-refractivity contribution >= 4 is 29.9 Å². The molecule has 2 heterocycles. The molecule has 6 nitrogen and oxygen atoms in total. The van der Waals surface area contributed by atoms with Crippen LogP contribution in [0, 0.1) is 5.92 Å². The molecule has 1 saturated heterocycles. The second-order valence-corrected chi connectivity index (χ2v) is 8.17. The van der Waals surface area contributed by atoms with Crippen LogP contribution in [-0.2, 0) is 13.0 Å². The number of benzene rings is 1. The van der Waals surface area contributed by atoms with Gasteiger partial charge in [0.2, 0.25) is 0 Å². The zero-order chi connectivity index (χ0) is 20.1. The van der Waals surface area contributed by atoms with Crippen molar-refractivity contribution in [3.8, 4) is 11.5 Å². The average molecular weight is 516 g/mol. The fourth-order valence-corrected chi connectivity index (χ4v) is 4.36. The van der Waals surface area contributed by atoms with E-state index in [4.69, 9.17) is 9.47 Å². The lowest BCUT2D eigenvalue weighted by atomic mass is 9.97. The Labute approximate surface area is 193 Å². The summed E-state index contributed by atoms with van der Waals surface area (Å²) in [6, 6.07) is 4.85. The minimum Gasteiger partial charge on any atom is -0.493 e. The summed E-state index contributed by atoms with van der Waals surface area (Å²) < 4.78 is 10.9. The van der Waals surface area contributed by atoms with E-state index >= 15 is 0 Å². The van der Waals surface area contributed by atoms with Crippen LogP contribution in [0.25, 0.3) is 0 Å². The summed E-state index contributed by atoms with van der Waals surface area (Å²) in [5, 5.41) is 3.64. The van der Waals surface area contributed by atoms with Gasteiger partial charge < -0.3 is 24.6 Å². The zero-order valence-electron chi connectivity index (χ0n) is 18.5. The lowest BCUT2D eigenvalue weighted by molar-refractivity contribution is 0.140. The van der Waals surface area contributed by atoms with Crippen LogP contribution in [0.4, 0.5) is 0 Å². The minimum absolute atomic E-state index is 0. The van der Waals surface area contributed by atoms with E-state index in [2.05, 4.69) is 46.1 Å². The maximum Gasteiger partial charge on any atom is 0.193 e. The number of likely N-dealkylation sites (tertiary alicyclic amines) is 1. The molecule has 3 rings (SSSR count). The van der Waals surface area contributed by atoms with Gasteiger partial charge in [-0.05, 0) is 68.8 Å². The number of fused-ring (bicyclic) bond motifs is 1. The lowest BCUT2D eigenvalue weighted by Gasteiger charge is -2.37. The highest BCUT2D eigenvalue weighted by atomic mass is 127. The topological polar surface area (TPSA) is 49.3 Å². The Morgan fingerprint density at radius 1 is 1.17 bits per heavy atom. The van der Waals surface area contributed by atoms with Crippen LogP contribution in [0.5, 0.6) is 11.5 Å². The van der Waals surface area contributed by atoms with Crippen molar-refractivity contribution in [2.24, 2.45) is 10.9 Å². The van der Waals surface area contributed by atoms with Gasteiger partial charge in [0.1, 0.15) is 0 Å². The standard InChI is InChI=1S/C22H36N4O2.HI/c1-16(2)25-9-6-7-17(14-25)13-24-22(23-3)26-10-8-18-11-20(27-4)21(28-5)12-19(18)15-26;/h11-12,16-17H,6-10,13-15H2,1-5H3,(H,23,24);1H. The van der Waals surface area contributed by atoms with Crippen molar-refractivity contribution in [3.63, 3.8) is 0 Å². The number of piperidine rings is 1. The third-order valence-corrected chi connectivity index (χ3v) is 6.06. The molecular formula is C22H37IN4O2. The molecule has 2 aliphatic rings. The fraction of sp³-hybridized carbons (Fsp3) is 0.682. The van der Waals surface area contributed by atoms with Crippen molar-refractivity contribution in [2.75, 3.05) is 47.4 Å². The highest BCUT2D eigenvalue weighted by molar-refractivity contribution is 14.0. The quantitative estimate of drug-likeness (QED) is 0.370. The van der Waals surface area contributed by atoms with Crippen molar-refractivity contribution in [2.45, 2.75) is 45.7 Å². The Hall–Kier alpha value is -1.22. The van der Waals surface area contributed by atoms with Gasteiger partial charge in [0.15, 0.2) is 17.5 Å². The summed E-state index contributed by atoms with van der Waals surface area (Å²) in [5.74, 6) is 3.29. The third-order valence-electron chi connectivity index (χ3n) is 6.06. The number of ether oxygens (including phenoxy) is 2. The van der Waals surface area contributed by atoms with E-state index in [-0.39, 0.29) is 24.0 Å². The molecule has 0 aromatic heterocycles. The smallest absolute Gasteiger partial charge is 0.193 e. The second kappa shape index (κ2) is 11.2. The average Bonchev–Trinajstić information content (AvgIpc) is 2.73. The Bertz CT molecular complexity index is 696. The predicted octanol–water partition coefficient (Wildman–Crippen LogP) is 3.38. The number of rotatable bonds is 5. The molecule has 1 unspecified atom stereocenters. The summed E-state index contributed by atoms with van der Waals surface area (Å²) in [6.07, 6.45) is 3.58. The molecule has 0 amide bonds. The molecule has 1 fully saturated rings. The molecule has 0 saturated carbocycles. The number of nitrogens with zero attached hydrogens (tertiary/aromatic N) is 3. The third kappa shape index (κ3) is 5.90. The molecule has 1 N–H and O–H groups in total. The van der Waals surface area contributed by atoms with Gasteiger partial charge in [-0.3, -0.25) is 4.99 Å². The summed E-state index contributed by atoms with van der Waals surface area (Å²) in [6.45, 7) is 9.80. The Balaban J connectivity index is 0.00000300. The minimum atomic E-state index is 0. The summed E-state index contributed by atoms with van der Waals surface area (Å²) >= 11 is 0. The van der Waals surface area contributed by atoms with Gasteiger partial charge >= 0.3 is 0 Å². The number of nitrogens with one attached hydrogen (secondary N) is 1. The van der Waals surface area contributed by atoms with Crippen molar-refractivity contribution in [1.82, 2.24) is 15.1 Å². The molecule has 2 aliphatic heterocycles. The van der Waals surface area contributed by atoms with E-state index in [1.54, 1.807) is 14.2 Å². The highest BCUT2D eigenvalue weighted by Crippen LogP contribution is 2.33. The van der Waals surface area contributed by atoms with Crippen LogP contribution >= 0.6 is 24.0 Å². The monoisotopic (exact) mass is 516 g/mol. The Morgan fingerprint density at radius 2 is 1.86 bits per heavy atom. The Morgan fingerprint density at radius 3 is 2.48 bits per heavy atom. The number of hydrogen-bond acceptors (Lipinski definition) is 4. The summed E-state index contributed by atoms with van der Waals surface area (Å²) in [5.41, 5.74) is 2.62. The SMILES string of the molecule is CN=C(NCC1CCCN(C(C)C)C1)N1CCc2cc(OC)c(OC)cc2C1.I. The first-order chi connectivity index (χ1) is 13.5. The molecule has 1 aromatic carbocycles. The molecule has 0 spiro atoms. The van der Waals surface area contributed by atoms with Gasteiger partial charge in [-0.2, -0.15) is 0 Å². The number of aliphatic imine (C=N–C) groups is 1. The van der Waals surface area contributed by atoms with Gasteiger partial charge in [0, 0.05) is 39.3 Å². The fourth-order valence-electron chi connectivity index (χ4n) is 4.36. The van der Waals surface area contributed by atoms with E-state index in [1.807, 2.05) is 7.05 Å². The van der Waals surface area contributed by atoms with Gasteiger partial charge in [-0.25, -0.2) is 0 Å². The van der Waals surface area contributed by atoms with E-state index in [0.29, 0.717) is 12.0 Å². The van der Waals surface area contributed by atoms with Crippen molar-refractivity contribution < 1.29 is 9.47 Å². The molecule has 1 atom stereocenters. The molecule has 164 valence electrons. The van der Waals surface area contributed by atoms with E-state index in [1.165, 1.54) is 37.1 Å². The molecule has 0 radical (unpaired) electrons. The van der Waals surface area contributed by atoms with E-state index < -0.39 is 0 Å². The van der Waals surface area contributed by atoms with E-state index in [9.17, 15) is 0 Å². The predicted molar refractivity (Wildman–Crippen MR) is 130 cm³/mol. The van der Waals surface area contributed by atoms with Crippen LogP contribution in [0.2, 0.25) is 0 Å². The highest BCUT2D eigenvalue weighted by Gasteiger charge is 2.24. The first-order valence-corrected chi connectivity index (χ1v) is 10.5. The normalized spacial score (nSPS) is 20.1. The zero-order valence-corrected chi connectivity index (χ0v) is 20.9. The maximum atomic E-state index is 5.49. The van der Waals surface area contributed by atoms with Crippen molar-refractivity contribution in [1.29, 1.82) is 0 Å². The van der Waals surface area contributed by atoms with Crippen LogP contribution in [0.3, 0.4) is 0 Å². The van der Waals surface area contributed by atoms with Gasteiger partial charge in [-0.15, -0.1) is 24.0 Å². The second-order valence-electron chi connectivity index (χ2n) is 8.17. The van der Waals surface area contributed by atoms with Crippen LogP contribution in [-0.4, -0.2) is 69.2 Å². The number of hydrogen-bond donors (Lipinski definition) is 1. The molecule has 1 aromatic rings. The first kappa shape index (κ1) is 24.1. The van der Waals surface area contributed by atoms with Gasteiger partial charge in [0.05, 0.1) is 14.2 Å². The molecule has 7 heteroatoms. The maximum absolute atomic E-state index is 5.49. The molecule has 29 heavy (non-hydrogen) atoms. The number of guanidine groups is 1. The summed E-state index contributed by atoms with van der Waals surface area (Å²) in [4.78, 5) is 9.50. The van der Waals surface area contributed by atoms with Crippen molar-refractivity contribution in [3.05, 3.63) is 23.3 Å². The van der Waals surface area contributed by atoms with Crippen LogP contribution in [0.15, 0.2) is 17.1 Å². The van der Waals surface area contributed by atoms with E-state index in [0.717, 1.165) is 43.5 Å². The van der Waals surface area contributed by atoms with Gasteiger partial charge in [-0.1, -0.05) is 0 Å². The Kier molecular flexibility index (Phi) is 9.33. The molecule has 0 bridgehead atoms. The number of halogens is 1. The number of methoxy groups -OCH3 is 2. The lowest BCUT2D eigenvalue weighted by Crippen LogP contribution is -2.48. The largest absolute Gasteiger partial charge is 0.493 e. The molecule has 0 aliphatic carbocycles. The van der Waals surface area contributed by atoms with Crippen LogP contribution < -0.4 is 14.8 Å². The van der Waals surface area contributed by atoms with Crippen LogP contribution in [0.1, 0.15) is 37.8 Å². The molecular weight excluding hydrogens is 479 g/mol. The summed E-state index contributed by atoms with van der Waals surface area (Å²) in [7, 11) is 5.26. The van der Waals surface area contributed by atoms with Gasteiger partial charge in [0.25, 0.3) is 0 Å². The first-order valence-electron chi connectivity index (χ1n) is 10.5.